The molecule has 9 heteroatoms. The molecular formula is C24H33N3O5S. The molecule has 1 aliphatic rings. The highest BCUT2D eigenvalue weighted by Crippen LogP contribution is 2.28. The van der Waals surface area contributed by atoms with Crippen molar-refractivity contribution in [2.24, 2.45) is 0 Å². The van der Waals surface area contributed by atoms with Gasteiger partial charge in [0.25, 0.3) is 0 Å². The summed E-state index contributed by atoms with van der Waals surface area (Å²) in [5.74, 6) is 0.322. The molecule has 0 aliphatic carbocycles. The highest BCUT2D eigenvalue weighted by atomic mass is 32.2. The van der Waals surface area contributed by atoms with E-state index in [4.69, 9.17) is 4.74 Å². The molecule has 2 N–H and O–H groups in total. The van der Waals surface area contributed by atoms with E-state index in [2.05, 4.69) is 9.62 Å². The van der Waals surface area contributed by atoms with Crippen LogP contribution >= 0.6 is 0 Å². The van der Waals surface area contributed by atoms with Crippen molar-refractivity contribution in [1.82, 2.24) is 9.62 Å². The molecule has 180 valence electrons. The first-order valence-corrected chi connectivity index (χ1v) is 12.5. The molecule has 8 nitrogen and oxygen atoms in total. The number of nitrogens with one attached hydrogen (secondary N) is 1. The van der Waals surface area contributed by atoms with Crippen LogP contribution in [0.2, 0.25) is 0 Å². The van der Waals surface area contributed by atoms with Gasteiger partial charge in [0, 0.05) is 26.2 Å². The van der Waals surface area contributed by atoms with E-state index in [-0.39, 0.29) is 10.3 Å². The number of carbonyl (C=O) groups is 1. The van der Waals surface area contributed by atoms with Crippen LogP contribution in [0.4, 0.5) is 5.69 Å². The van der Waals surface area contributed by atoms with Gasteiger partial charge in [-0.2, -0.15) is 4.72 Å². The third-order valence-corrected chi connectivity index (χ3v) is 7.31. The molecule has 1 unspecified atom stereocenters. The van der Waals surface area contributed by atoms with E-state index in [1.165, 1.54) is 12.1 Å². The SMILES string of the molecule is COc1ccccc1N1CCN(C(=O)C(CO)NS(=O)(=O)c2ccc(C(C)(C)C)cc2)CC1. The number of piperazine rings is 1. The number of methoxy groups -OCH3 is 1. The van der Waals surface area contributed by atoms with Gasteiger partial charge in [-0.15, -0.1) is 0 Å². The van der Waals surface area contributed by atoms with Gasteiger partial charge in [0.1, 0.15) is 11.8 Å². The van der Waals surface area contributed by atoms with Crippen LogP contribution in [0, 0.1) is 0 Å². The molecule has 0 aromatic heterocycles. The third kappa shape index (κ3) is 5.85. The highest BCUT2D eigenvalue weighted by molar-refractivity contribution is 7.89. The molecule has 1 saturated heterocycles. The first kappa shape index (κ1) is 25.0. The van der Waals surface area contributed by atoms with Crippen LogP contribution in [0.15, 0.2) is 53.4 Å². The molecule has 1 fully saturated rings. The largest absolute Gasteiger partial charge is 0.495 e. The number of ether oxygens (including phenoxy) is 1. The molecule has 3 rings (SSSR count). The summed E-state index contributed by atoms with van der Waals surface area (Å²) in [5.41, 5.74) is 1.85. The van der Waals surface area contributed by atoms with Gasteiger partial charge in [-0.3, -0.25) is 4.79 Å². The Kier molecular flexibility index (Phi) is 7.66. The maximum atomic E-state index is 13.0. The zero-order chi connectivity index (χ0) is 24.2. The molecule has 33 heavy (non-hydrogen) atoms. The molecule has 0 radical (unpaired) electrons. The molecule has 0 saturated carbocycles. The fraction of sp³-hybridized carbons (Fsp3) is 0.458. The Morgan fingerprint density at radius 2 is 1.67 bits per heavy atom. The Bertz CT molecular complexity index is 1060. The summed E-state index contributed by atoms with van der Waals surface area (Å²) in [4.78, 5) is 16.7. The smallest absolute Gasteiger partial charge is 0.243 e. The van der Waals surface area contributed by atoms with Crippen LogP contribution in [0.5, 0.6) is 5.75 Å². The minimum absolute atomic E-state index is 0.0581. The number of rotatable bonds is 7. The number of aliphatic hydroxyl groups excluding tert-OH is 1. The van der Waals surface area contributed by atoms with Gasteiger partial charge in [-0.25, -0.2) is 8.42 Å². The number of carbonyl (C=O) groups excluding carboxylic acids is 1. The Morgan fingerprint density at radius 3 is 2.21 bits per heavy atom. The monoisotopic (exact) mass is 475 g/mol. The van der Waals surface area contributed by atoms with Crippen LogP contribution in [-0.4, -0.2) is 70.3 Å². The number of anilines is 1. The first-order chi connectivity index (χ1) is 15.6. The van der Waals surface area contributed by atoms with Gasteiger partial charge in [-0.1, -0.05) is 45.0 Å². The molecule has 0 spiro atoms. The average molecular weight is 476 g/mol. The highest BCUT2D eigenvalue weighted by Gasteiger charge is 2.31. The van der Waals surface area contributed by atoms with Gasteiger partial charge in [-0.05, 0) is 35.2 Å². The fourth-order valence-corrected chi connectivity index (χ4v) is 5.01. The van der Waals surface area contributed by atoms with E-state index in [0.29, 0.717) is 26.2 Å². The Hall–Kier alpha value is -2.62. The summed E-state index contributed by atoms with van der Waals surface area (Å²) in [7, 11) is -2.35. The summed E-state index contributed by atoms with van der Waals surface area (Å²) in [6.07, 6.45) is 0. The van der Waals surface area contributed by atoms with E-state index in [9.17, 15) is 18.3 Å². The maximum Gasteiger partial charge on any atom is 0.243 e. The number of para-hydroxylation sites is 2. The Morgan fingerprint density at radius 1 is 1.06 bits per heavy atom. The normalized spacial score (nSPS) is 15.9. The lowest BCUT2D eigenvalue weighted by Gasteiger charge is -2.37. The lowest BCUT2D eigenvalue weighted by molar-refractivity contribution is -0.134. The van der Waals surface area contributed by atoms with E-state index >= 15 is 0 Å². The molecule has 2 aromatic carbocycles. The van der Waals surface area contributed by atoms with Crippen molar-refractivity contribution in [2.45, 2.75) is 37.1 Å². The fourth-order valence-electron chi connectivity index (χ4n) is 3.83. The summed E-state index contributed by atoms with van der Waals surface area (Å²) in [6, 6.07) is 13.0. The second kappa shape index (κ2) is 10.1. The van der Waals surface area contributed by atoms with Crippen molar-refractivity contribution in [2.75, 3.05) is 44.8 Å². The van der Waals surface area contributed by atoms with Crippen LogP contribution in [0.3, 0.4) is 0 Å². The Labute approximate surface area is 196 Å². The minimum Gasteiger partial charge on any atom is -0.495 e. The zero-order valence-corrected chi connectivity index (χ0v) is 20.4. The standard InChI is InChI=1S/C24H33N3O5S/c1-24(2,3)18-9-11-19(12-10-18)33(30,31)25-20(17-28)23(29)27-15-13-26(14-16-27)21-7-5-6-8-22(21)32-4/h5-12,20,25,28H,13-17H2,1-4H3. The molecular weight excluding hydrogens is 442 g/mol. The number of aliphatic hydroxyl groups is 1. The average Bonchev–Trinajstić information content (AvgIpc) is 2.81. The number of sulfonamides is 1. The van der Waals surface area contributed by atoms with Crippen molar-refractivity contribution in [3.63, 3.8) is 0 Å². The van der Waals surface area contributed by atoms with Gasteiger partial charge in [0.2, 0.25) is 15.9 Å². The van der Waals surface area contributed by atoms with Gasteiger partial charge in [0.15, 0.2) is 0 Å². The number of amides is 1. The summed E-state index contributed by atoms with van der Waals surface area (Å²) in [5, 5.41) is 9.79. The van der Waals surface area contributed by atoms with E-state index in [1.54, 1.807) is 24.1 Å². The number of hydrogen-bond acceptors (Lipinski definition) is 6. The molecule has 1 atom stereocenters. The van der Waals surface area contributed by atoms with Crippen LogP contribution in [0.1, 0.15) is 26.3 Å². The van der Waals surface area contributed by atoms with E-state index < -0.39 is 28.6 Å². The second-order valence-electron chi connectivity index (χ2n) is 9.12. The topological polar surface area (TPSA) is 99.2 Å². The van der Waals surface area contributed by atoms with Crippen molar-refractivity contribution < 1.29 is 23.1 Å². The molecule has 2 aromatic rings. The van der Waals surface area contributed by atoms with E-state index in [1.807, 2.05) is 45.0 Å². The summed E-state index contributed by atoms with van der Waals surface area (Å²) >= 11 is 0. The van der Waals surface area contributed by atoms with E-state index in [0.717, 1.165) is 17.0 Å². The summed E-state index contributed by atoms with van der Waals surface area (Å²) in [6.45, 7) is 7.49. The predicted octanol–water partition coefficient (Wildman–Crippen LogP) is 1.98. The molecule has 0 bridgehead atoms. The maximum absolute atomic E-state index is 13.0. The quantitative estimate of drug-likeness (QED) is 0.635. The van der Waals surface area contributed by atoms with Crippen molar-refractivity contribution in [3.8, 4) is 5.75 Å². The van der Waals surface area contributed by atoms with Crippen molar-refractivity contribution in [3.05, 3.63) is 54.1 Å². The third-order valence-electron chi connectivity index (χ3n) is 5.83. The number of nitrogens with zero attached hydrogens (tertiary/aromatic N) is 2. The van der Waals surface area contributed by atoms with Gasteiger partial charge in [0.05, 0.1) is 24.3 Å². The summed E-state index contributed by atoms with van der Waals surface area (Å²) < 4.78 is 33.5. The van der Waals surface area contributed by atoms with Crippen molar-refractivity contribution >= 4 is 21.6 Å². The molecule has 1 aliphatic heterocycles. The number of hydrogen-bond donors (Lipinski definition) is 2. The van der Waals surface area contributed by atoms with Crippen LogP contribution < -0.4 is 14.4 Å². The Balaban J connectivity index is 1.65. The lowest BCUT2D eigenvalue weighted by atomic mass is 9.87. The first-order valence-electron chi connectivity index (χ1n) is 11.0. The van der Waals surface area contributed by atoms with Crippen LogP contribution in [0.25, 0.3) is 0 Å². The number of benzene rings is 2. The van der Waals surface area contributed by atoms with Crippen molar-refractivity contribution in [1.29, 1.82) is 0 Å². The van der Waals surface area contributed by atoms with Gasteiger partial charge < -0.3 is 19.6 Å². The van der Waals surface area contributed by atoms with Crippen LogP contribution in [-0.2, 0) is 20.2 Å². The predicted molar refractivity (Wildman–Crippen MR) is 128 cm³/mol. The minimum atomic E-state index is -3.96. The molecule has 1 amide bonds. The second-order valence-corrected chi connectivity index (χ2v) is 10.8. The van der Waals surface area contributed by atoms with Gasteiger partial charge >= 0.3 is 0 Å². The molecule has 1 heterocycles. The lowest BCUT2D eigenvalue weighted by Crippen LogP contribution is -2.56. The zero-order valence-electron chi connectivity index (χ0n) is 19.6.